The Morgan fingerprint density at radius 2 is 2.00 bits per heavy atom. The number of ether oxygens (including phenoxy) is 1. The number of aromatic nitrogens is 5. The molecule has 0 aliphatic rings. The molecule has 0 bridgehead atoms. The van der Waals surface area contributed by atoms with Crippen molar-refractivity contribution in [3.63, 3.8) is 0 Å². The highest BCUT2D eigenvalue weighted by molar-refractivity contribution is 7.13. The van der Waals surface area contributed by atoms with Gasteiger partial charge in [-0.15, -0.1) is 10.2 Å². The summed E-state index contributed by atoms with van der Waals surface area (Å²) < 4.78 is 33.4. The van der Waals surface area contributed by atoms with Crippen molar-refractivity contribution in [2.75, 3.05) is 12.4 Å². The van der Waals surface area contributed by atoms with Crippen molar-refractivity contribution in [2.45, 2.75) is 13.3 Å². The fourth-order valence-electron chi connectivity index (χ4n) is 3.10. The van der Waals surface area contributed by atoms with Crippen molar-refractivity contribution >= 4 is 22.4 Å². The predicted octanol–water partition coefficient (Wildman–Crippen LogP) is 3.65. The molecule has 0 atom stereocenters. The van der Waals surface area contributed by atoms with Gasteiger partial charge in [-0.05, 0) is 24.6 Å². The number of nitrogens with zero attached hydrogens (tertiary/aromatic N) is 5. The van der Waals surface area contributed by atoms with Crippen LogP contribution < -0.4 is 15.6 Å². The number of methoxy groups -OCH3 is 1. The molecule has 1 N–H and O–H groups in total. The quantitative estimate of drug-likeness (QED) is 0.458. The zero-order valence-electron chi connectivity index (χ0n) is 17.3. The first-order chi connectivity index (χ1) is 15.9. The molecule has 0 saturated heterocycles. The Morgan fingerprint density at radius 1 is 1.18 bits per heavy atom. The van der Waals surface area contributed by atoms with Crippen LogP contribution in [0.5, 0.6) is 5.75 Å². The fraction of sp³-hybridized carbons (Fsp3) is 0.143. The van der Waals surface area contributed by atoms with E-state index >= 15 is 0 Å². The van der Waals surface area contributed by atoms with Crippen LogP contribution in [0.1, 0.15) is 28.0 Å². The second-order valence-electron chi connectivity index (χ2n) is 6.81. The molecule has 0 spiro atoms. The van der Waals surface area contributed by atoms with Gasteiger partial charge in [-0.3, -0.25) is 24.5 Å². The van der Waals surface area contributed by atoms with Crippen LogP contribution in [-0.4, -0.2) is 37.7 Å². The molecule has 168 valence electrons. The Kier molecular flexibility index (Phi) is 6.18. The Hall–Kier alpha value is -4.06. The summed E-state index contributed by atoms with van der Waals surface area (Å²) in [7, 11) is 1.36. The summed E-state index contributed by atoms with van der Waals surface area (Å²) in [5.41, 5.74) is 1.87. The van der Waals surface area contributed by atoms with Crippen molar-refractivity contribution in [3.05, 3.63) is 75.5 Å². The summed E-state index contributed by atoms with van der Waals surface area (Å²) in [6.45, 7) is 1.81. The van der Waals surface area contributed by atoms with Gasteiger partial charge in [-0.25, -0.2) is 13.8 Å². The minimum absolute atomic E-state index is 0.0550. The number of carbonyl (C=O) groups excluding carboxylic acids is 1. The van der Waals surface area contributed by atoms with Crippen LogP contribution in [0.15, 0.2) is 53.2 Å². The van der Waals surface area contributed by atoms with Gasteiger partial charge in [0.2, 0.25) is 5.13 Å². The van der Waals surface area contributed by atoms with E-state index in [4.69, 9.17) is 4.74 Å². The predicted molar refractivity (Wildman–Crippen MR) is 117 cm³/mol. The maximum absolute atomic E-state index is 13.4. The van der Waals surface area contributed by atoms with E-state index in [2.05, 4.69) is 25.5 Å². The van der Waals surface area contributed by atoms with Crippen molar-refractivity contribution in [1.82, 2.24) is 24.7 Å². The van der Waals surface area contributed by atoms with Gasteiger partial charge in [0.1, 0.15) is 22.8 Å². The number of aryl methyl sites for hydroxylation is 1. The second-order valence-corrected chi connectivity index (χ2v) is 7.64. The number of halogens is 2. The molecule has 4 aromatic heterocycles. The molecule has 1 amide bonds. The number of carbonyl (C=O) groups is 1. The standard InChI is InChI=1S/C21H16F2N6O3S/c1-11-3-4-18(30)29(9-11)17-6-12(13-5-15(19(22)23)24-8-16(13)32-2)14(7-25-17)20(31)27-21-28-26-10-33-21/h3-10,19H,1-2H3,(H,27,28,31). The van der Waals surface area contributed by atoms with E-state index in [1.807, 2.05) is 6.92 Å². The molecule has 0 fully saturated rings. The van der Waals surface area contributed by atoms with Gasteiger partial charge in [0, 0.05) is 29.6 Å². The smallest absolute Gasteiger partial charge is 0.280 e. The summed E-state index contributed by atoms with van der Waals surface area (Å²) in [6, 6.07) is 5.64. The molecule has 33 heavy (non-hydrogen) atoms. The van der Waals surface area contributed by atoms with Crippen LogP contribution in [0, 0.1) is 6.92 Å². The van der Waals surface area contributed by atoms with E-state index < -0.39 is 18.0 Å². The third-order valence-electron chi connectivity index (χ3n) is 4.64. The van der Waals surface area contributed by atoms with Gasteiger partial charge in [-0.2, -0.15) is 0 Å². The first kappa shape index (κ1) is 22.1. The van der Waals surface area contributed by atoms with Crippen LogP contribution in [0.3, 0.4) is 0 Å². The number of alkyl halides is 2. The van der Waals surface area contributed by atoms with Gasteiger partial charge in [0.25, 0.3) is 17.9 Å². The molecule has 0 aromatic carbocycles. The Morgan fingerprint density at radius 3 is 2.70 bits per heavy atom. The number of hydrogen-bond acceptors (Lipinski definition) is 8. The number of anilines is 1. The molecule has 0 aliphatic heterocycles. The van der Waals surface area contributed by atoms with E-state index in [1.165, 1.54) is 35.5 Å². The van der Waals surface area contributed by atoms with Crippen molar-refractivity contribution in [1.29, 1.82) is 0 Å². The zero-order chi connectivity index (χ0) is 23.5. The Balaban J connectivity index is 1.93. The molecule has 4 heterocycles. The molecule has 0 unspecified atom stereocenters. The molecule has 12 heteroatoms. The van der Waals surface area contributed by atoms with Gasteiger partial charge in [0.15, 0.2) is 0 Å². The summed E-state index contributed by atoms with van der Waals surface area (Å²) in [6.07, 6.45) is 1.16. The lowest BCUT2D eigenvalue weighted by Gasteiger charge is -2.15. The van der Waals surface area contributed by atoms with E-state index in [1.54, 1.807) is 12.3 Å². The largest absolute Gasteiger partial charge is 0.494 e. The maximum atomic E-state index is 13.4. The summed E-state index contributed by atoms with van der Waals surface area (Å²) in [5, 5.41) is 10.3. The Labute approximate surface area is 189 Å². The summed E-state index contributed by atoms with van der Waals surface area (Å²) >= 11 is 1.11. The van der Waals surface area contributed by atoms with Gasteiger partial charge < -0.3 is 4.74 Å². The average molecular weight is 470 g/mol. The number of rotatable bonds is 6. The van der Waals surface area contributed by atoms with Gasteiger partial charge in [0.05, 0.1) is 18.9 Å². The van der Waals surface area contributed by atoms with Crippen molar-refractivity contribution in [3.8, 4) is 22.7 Å². The Bertz CT molecular complexity index is 1370. The lowest BCUT2D eigenvalue weighted by atomic mass is 10.00. The lowest BCUT2D eigenvalue weighted by molar-refractivity contribution is 0.102. The van der Waals surface area contributed by atoms with E-state index in [0.717, 1.165) is 29.2 Å². The van der Waals surface area contributed by atoms with Crippen LogP contribution in [0.25, 0.3) is 16.9 Å². The van der Waals surface area contributed by atoms with E-state index in [0.29, 0.717) is 0 Å². The number of amides is 1. The first-order valence-corrected chi connectivity index (χ1v) is 10.3. The molecule has 4 aromatic rings. The van der Waals surface area contributed by atoms with E-state index in [9.17, 15) is 18.4 Å². The van der Waals surface area contributed by atoms with Gasteiger partial charge >= 0.3 is 0 Å². The van der Waals surface area contributed by atoms with Crippen LogP contribution in [-0.2, 0) is 0 Å². The highest BCUT2D eigenvalue weighted by atomic mass is 32.1. The monoisotopic (exact) mass is 470 g/mol. The minimum Gasteiger partial charge on any atom is -0.494 e. The van der Waals surface area contributed by atoms with Crippen molar-refractivity contribution < 1.29 is 18.3 Å². The molecule has 0 saturated carbocycles. The second kappa shape index (κ2) is 9.20. The third kappa shape index (κ3) is 4.60. The average Bonchev–Trinajstić information content (AvgIpc) is 3.32. The summed E-state index contributed by atoms with van der Waals surface area (Å²) in [4.78, 5) is 33.4. The maximum Gasteiger partial charge on any atom is 0.280 e. The fourth-order valence-corrected chi connectivity index (χ4v) is 3.54. The zero-order valence-corrected chi connectivity index (χ0v) is 18.1. The highest BCUT2D eigenvalue weighted by Gasteiger charge is 2.22. The first-order valence-electron chi connectivity index (χ1n) is 9.47. The lowest BCUT2D eigenvalue weighted by Crippen LogP contribution is -2.19. The number of nitrogens with one attached hydrogen (secondary N) is 1. The number of hydrogen-bond donors (Lipinski definition) is 1. The highest BCUT2D eigenvalue weighted by Crippen LogP contribution is 2.35. The summed E-state index contributed by atoms with van der Waals surface area (Å²) in [5.74, 6) is -0.225. The number of pyridine rings is 3. The topological polar surface area (TPSA) is 112 Å². The molecule has 0 radical (unpaired) electrons. The van der Waals surface area contributed by atoms with Crippen molar-refractivity contribution in [2.24, 2.45) is 0 Å². The van der Waals surface area contributed by atoms with Gasteiger partial charge in [-0.1, -0.05) is 17.4 Å². The SMILES string of the molecule is COc1cnc(C(F)F)cc1-c1cc(-n2cc(C)ccc2=O)ncc1C(=O)Nc1nncs1. The van der Waals surface area contributed by atoms with E-state index in [-0.39, 0.29) is 38.9 Å². The third-order valence-corrected chi connectivity index (χ3v) is 5.25. The van der Waals surface area contributed by atoms with Crippen LogP contribution in [0.2, 0.25) is 0 Å². The minimum atomic E-state index is -2.84. The molecule has 9 nitrogen and oxygen atoms in total. The van der Waals surface area contributed by atoms with Crippen LogP contribution >= 0.6 is 11.3 Å². The molecule has 4 rings (SSSR count). The molecule has 0 aliphatic carbocycles. The molecular formula is C21H16F2N6O3S. The van der Waals surface area contributed by atoms with Crippen LogP contribution in [0.4, 0.5) is 13.9 Å². The molecular weight excluding hydrogens is 454 g/mol. The normalized spacial score (nSPS) is 10.9.